The highest BCUT2D eigenvalue weighted by atomic mass is 32.1. The highest BCUT2D eigenvalue weighted by Gasteiger charge is 2.16. The molecule has 5 rings (SSSR count). The van der Waals surface area contributed by atoms with Crippen molar-refractivity contribution in [2.45, 2.75) is 6.54 Å². The molecule has 0 aliphatic rings. The van der Waals surface area contributed by atoms with Crippen molar-refractivity contribution < 1.29 is 18.6 Å². The van der Waals surface area contributed by atoms with Crippen LogP contribution in [0.2, 0.25) is 0 Å². The Balaban J connectivity index is 1.61. The molecule has 0 aliphatic heterocycles. The summed E-state index contributed by atoms with van der Waals surface area (Å²) >= 11 is 1.51. The lowest BCUT2D eigenvalue weighted by molar-refractivity contribution is 0.324. The summed E-state index contributed by atoms with van der Waals surface area (Å²) in [6.45, 7) is 0.538. The van der Waals surface area contributed by atoms with Crippen molar-refractivity contribution in [2.75, 3.05) is 21.3 Å². The van der Waals surface area contributed by atoms with Crippen LogP contribution in [-0.2, 0) is 6.54 Å². The zero-order valence-corrected chi connectivity index (χ0v) is 21.0. The predicted octanol–water partition coefficient (Wildman–Crippen LogP) is 5.97. The van der Waals surface area contributed by atoms with Crippen LogP contribution in [-0.4, -0.2) is 32.2 Å². The molecule has 0 unspecified atom stereocenters. The predicted molar refractivity (Wildman–Crippen MR) is 142 cm³/mol. The van der Waals surface area contributed by atoms with Crippen LogP contribution < -0.4 is 19.0 Å². The van der Waals surface area contributed by atoms with Crippen LogP contribution >= 0.6 is 11.3 Å². The van der Waals surface area contributed by atoms with E-state index in [0.29, 0.717) is 29.6 Å². The smallest absolute Gasteiger partial charge is 0.206 e. The maximum absolute atomic E-state index is 6.14. The molecule has 2 aromatic heterocycles. The monoisotopic (exact) mass is 499 g/mol. The van der Waals surface area contributed by atoms with Gasteiger partial charge in [0.1, 0.15) is 11.3 Å². The van der Waals surface area contributed by atoms with Gasteiger partial charge in [-0.05, 0) is 29.8 Å². The van der Waals surface area contributed by atoms with Gasteiger partial charge in [-0.25, -0.2) is 4.68 Å². The minimum absolute atomic E-state index is 0.505. The second-order valence-electron chi connectivity index (χ2n) is 7.83. The highest BCUT2D eigenvalue weighted by molar-refractivity contribution is 7.07. The topological polar surface area (TPSA) is 70.5 Å². The molecule has 0 aliphatic carbocycles. The second-order valence-corrected chi connectivity index (χ2v) is 8.67. The average Bonchev–Trinajstić information content (AvgIpc) is 3.54. The van der Waals surface area contributed by atoms with E-state index in [1.807, 2.05) is 66.0 Å². The zero-order chi connectivity index (χ0) is 24.9. The molecule has 2 heterocycles. The van der Waals surface area contributed by atoms with E-state index in [9.17, 15) is 0 Å². The number of aromatic nitrogens is 1. The first-order valence-corrected chi connectivity index (χ1v) is 12.2. The van der Waals surface area contributed by atoms with Gasteiger partial charge in [0.2, 0.25) is 10.6 Å². The van der Waals surface area contributed by atoms with Gasteiger partial charge in [-0.2, -0.15) is 5.10 Å². The Labute approximate surface area is 212 Å². The fourth-order valence-corrected chi connectivity index (χ4v) is 4.70. The summed E-state index contributed by atoms with van der Waals surface area (Å²) in [6.07, 6.45) is 1.72. The number of rotatable bonds is 8. The summed E-state index contributed by atoms with van der Waals surface area (Å²) < 4.78 is 24.5. The molecule has 0 atom stereocenters. The van der Waals surface area contributed by atoms with E-state index < -0.39 is 0 Å². The van der Waals surface area contributed by atoms with Gasteiger partial charge >= 0.3 is 0 Å². The van der Waals surface area contributed by atoms with E-state index in [1.54, 1.807) is 32.2 Å². The number of nitrogens with zero attached hydrogens (tertiary/aromatic N) is 3. The van der Waals surface area contributed by atoms with Crippen LogP contribution in [0, 0.1) is 0 Å². The van der Waals surface area contributed by atoms with Crippen molar-refractivity contribution in [2.24, 2.45) is 10.1 Å². The fraction of sp³-hybridized carbons (Fsp3) is 0.143. The van der Waals surface area contributed by atoms with Crippen LogP contribution in [0.1, 0.15) is 11.1 Å². The Morgan fingerprint density at radius 1 is 0.889 bits per heavy atom. The summed E-state index contributed by atoms with van der Waals surface area (Å²) in [4.78, 5) is 5.58. The first-order chi connectivity index (χ1) is 17.7. The number of methoxy groups -OCH3 is 3. The molecule has 5 aromatic rings. The standard InChI is InChI=1S/C28H25N3O4S/c1-32-24-14-13-21(26(33-2)27(24)34-3)17-30-31-22(25-15-20-11-7-8-12-23(20)35-25)18-36-28(31)29-16-19-9-5-4-6-10-19/h4-15,17-18H,16H2,1-3H3. The second kappa shape index (κ2) is 10.5. The first-order valence-electron chi connectivity index (χ1n) is 11.3. The first kappa shape index (κ1) is 23.4. The number of ether oxygens (including phenoxy) is 3. The number of para-hydroxylation sites is 1. The van der Waals surface area contributed by atoms with Crippen molar-refractivity contribution in [3.8, 4) is 28.7 Å². The molecule has 0 saturated carbocycles. The largest absolute Gasteiger partial charge is 0.493 e. The van der Waals surface area contributed by atoms with Crippen molar-refractivity contribution in [3.63, 3.8) is 0 Å². The minimum Gasteiger partial charge on any atom is -0.493 e. The van der Waals surface area contributed by atoms with E-state index in [1.165, 1.54) is 11.3 Å². The van der Waals surface area contributed by atoms with Crippen LogP contribution in [0.3, 0.4) is 0 Å². The molecule has 0 radical (unpaired) electrons. The molecule has 0 fully saturated rings. The number of benzene rings is 3. The zero-order valence-electron chi connectivity index (χ0n) is 20.2. The third-order valence-electron chi connectivity index (χ3n) is 5.65. The SMILES string of the molecule is COc1ccc(C=Nn2c(-c3cc4ccccc4o3)csc2=NCc2ccccc2)c(OC)c1OC. The summed E-state index contributed by atoms with van der Waals surface area (Å²) in [5, 5.41) is 7.84. The quantitative estimate of drug-likeness (QED) is 0.247. The molecule has 0 spiro atoms. The number of fused-ring (bicyclic) bond motifs is 1. The van der Waals surface area contributed by atoms with Gasteiger partial charge in [-0.15, -0.1) is 11.3 Å². The van der Waals surface area contributed by atoms with Crippen molar-refractivity contribution in [3.05, 3.63) is 94.1 Å². The third-order valence-corrected chi connectivity index (χ3v) is 6.50. The van der Waals surface area contributed by atoms with Crippen molar-refractivity contribution >= 4 is 28.5 Å². The summed E-state index contributed by atoms with van der Waals surface area (Å²) in [7, 11) is 4.76. The van der Waals surface area contributed by atoms with Gasteiger partial charge < -0.3 is 18.6 Å². The van der Waals surface area contributed by atoms with Crippen molar-refractivity contribution in [1.29, 1.82) is 0 Å². The Morgan fingerprint density at radius 2 is 1.67 bits per heavy atom. The van der Waals surface area contributed by atoms with Crippen LogP contribution in [0.4, 0.5) is 0 Å². The Kier molecular flexibility index (Phi) is 6.86. The lowest BCUT2D eigenvalue weighted by atomic mass is 10.2. The highest BCUT2D eigenvalue weighted by Crippen LogP contribution is 2.39. The lowest BCUT2D eigenvalue weighted by Crippen LogP contribution is -2.12. The normalized spacial score (nSPS) is 11.9. The summed E-state index contributed by atoms with van der Waals surface area (Å²) in [5.74, 6) is 2.33. The number of furan rings is 1. The molecule has 182 valence electrons. The van der Waals surface area contributed by atoms with Gasteiger partial charge in [0.05, 0.1) is 34.1 Å². The molecule has 8 heteroatoms. The van der Waals surface area contributed by atoms with Gasteiger partial charge in [-0.1, -0.05) is 48.5 Å². The van der Waals surface area contributed by atoms with Gasteiger partial charge in [0.25, 0.3) is 0 Å². The maximum Gasteiger partial charge on any atom is 0.206 e. The van der Waals surface area contributed by atoms with E-state index in [0.717, 1.165) is 32.6 Å². The maximum atomic E-state index is 6.14. The van der Waals surface area contributed by atoms with Gasteiger partial charge in [0.15, 0.2) is 17.3 Å². The number of hydrogen-bond acceptors (Lipinski definition) is 7. The molecule has 3 aromatic carbocycles. The van der Waals surface area contributed by atoms with E-state index in [4.69, 9.17) is 28.7 Å². The van der Waals surface area contributed by atoms with E-state index >= 15 is 0 Å². The van der Waals surface area contributed by atoms with Crippen molar-refractivity contribution in [1.82, 2.24) is 4.68 Å². The molecule has 0 amide bonds. The molecule has 0 N–H and O–H groups in total. The molecule has 7 nitrogen and oxygen atoms in total. The molecule has 0 bridgehead atoms. The Bertz CT molecular complexity index is 1550. The van der Waals surface area contributed by atoms with E-state index in [-0.39, 0.29) is 0 Å². The number of hydrogen-bond donors (Lipinski definition) is 0. The van der Waals surface area contributed by atoms with E-state index in [2.05, 4.69) is 12.1 Å². The number of thiazole rings is 1. The minimum atomic E-state index is 0.505. The van der Waals surface area contributed by atoms with Crippen LogP contribution in [0.25, 0.3) is 22.4 Å². The summed E-state index contributed by atoms with van der Waals surface area (Å²) in [5.41, 5.74) is 3.48. The summed E-state index contributed by atoms with van der Waals surface area (Å²) in [6, 6.07) is 23.8. The molecular formula is C28H25N3O4S. The Hall–Kier alpha value is -4.30. The molecular weight excluding hydrogens is 474 g/mol. The lowest BCUT2D eigenvalue weighted by Gasteiger charge is -2.13. The average molecular weight is 500 g/mol. The van der Waals surface area contributed by atoms with Crippen LogP contribution in [0.5, 0.6) is 17.2 Å². The molecule has 0 saturated heterocycles. The van der Waals surface area contributed by atoms with Gasteiger partial charge in [-0.3, -0.25) is 4.99 Å². The van der Waals surface area contributed by atoms with Gasteiger partial charge in [0, 0.05) is 16.3 Å². The van der Waals surface area contributed by atoms with Crippen LogP contribution in [0.15, 0.2) is 92.7 Å². The Morgan fingerprint density at radius 3 is 2.42 bits per heavy atom. The molecule has 36 heavy (non-hydrogen) atoms. The fourth-order valence-electron chi connectivity index (χ4n) is 3.89. The third kappa shape index (κ3) is 4.63.